The minimum absolute atomic E-state index is 0.181. The molecule has 1 aromatic heterocycles. The highest BCUT2D eigenvalue weighted by molar-refractivity contribution is 5.91. The number of hydrogen-bond acceptors (Lipinski definition) is 7. The minimum atomic E-state index is 0.181. The largest absolute Gasteiger partial charge is 0.493 e. The zero-order valence-corrected chi connectivity index (χ0v) is 20.6. The van der Waals surface area contributed by atoms with Crippen molar-refractivity contribution in [1.82, 2.24) is 15.4 Å². The molecule has 3 rings (SSSR count). The molecule has 0 bridgehead atoms. The van der Waals surface area contributed by atoms with Gasteiger partial charge in [0.2, 0.25) is 6.41 Å². The first kappa shape index (κ1) is 26.9. The number of hydrogen-bond donors (Lipinski definition) is 2. The molecule has 1 heterocycles. The van der Waals surface area contributed by atoms with Gasteiger partial charge in [-0.25, -0.2) is 15.4 Å². The van der Waals surface area contributed by atoms with Crippen molar-refractivity contribution in [2.45, 2.75) is 52.9 Å². The molecule has 0 atom stereocenters. The van der Waals surface area contributed by atoms with Gasteiger partial charge in [0.15, 0.2) is 11.5 Å². The van der Waals surface area contributed by atoms with Crippen molar-refractivity contribution in [2.75, 3.05) is 25.2 Å². The smallest absolute Gasteiger partial charge is 0.230 e. The van der Waals surface area contributed by atoms with Crippen molar-refractivity contribution in [1.29, 1.82) is 0 Å². The topological polar surface area (TPSA) is 96.8 Å². The SMILES string of the molecule is CCCCCN(c1ccc(OC)c(OCCCC)c1)c1nc(C)nc2ccccc12.O=CNO. The van der Waals surface area contributed by atoms with Crippen LogP contribution in [0.3, 0.4) is 0 Å². The number of amides is 1. The van der Waals surface area contributed by atoms with E-state index < -0.39 is 0 Å². The van der Waals surface area contributed by atoms with Gasteiger partial charge in [0.1, 0.15) is 11.6 Å². The Morgan fingerprint density at radius 1 is 1.03 bits per heavy atom. The number of aryl methyl sites for hydroxylation is 1. The fourth-order valence-corrected chi connectivity index (χ4v) is 3.53. The molecule has 34 heavy (non-hydrogen) atoms. The lowest BCUT2D eigenvalue weighted by Gasteiger charge is -2.26. The van der Waals surface area contributed by atoms with Crippen molar-refractivity contribution in [2.24, 2.45) is 0 Å². The number of ether oxygens (including phenoxy) is 2. The zero-order chi connectivity index (χ0) is 24.8. The van der Waals surface area contributed by atoms with Gasteiger partial charge < -0.3 is 14.4 Å². The van der Waals surface area contributed by atoms with Gasteiger partial charge in [-0.2, -0.15) is 0 Å². The highest BCUT2D eigenvalue weighted by Gasteiger charge is 2.17. The summed E-state index contributed by atoms with van der Waals surface area (Å²) in [6, 6.07) is 14.4. The normalized spacial score (nSPS) is 10.3. The fraction of sp³-hybridized carbons (Fsp3) is 0.423. The second-order valence-corrected chi connectivity index (χ2v) is 7.75. The summed E-state index contributed by atoms with van der Waals surface area (Å²) >= 11 is 0. The van der Waals surface area contributed by atoms with Gasteiger partial charge in [0.05, 0.1) is 19.2 Å². The third kappa shape index (κ3) is 7.59. The van der Waals surface area contributed by atoms with Crippen molar-refractivity contribution in [3.05, 3.63) is 48.3 Å². The van der Waals surface area contributed by atoms with E-state index in [1.807, 2.05) is 31.2 Å². The average Bonchev–Trinajstić information content (AvgIpc) is 2.86. The monoisotopic (exact) mass is 468 g/mol. The summed E-state index contributed by atoms with van der Waals surface area (Å²) in [5.74, 6) is 3.25. The van der Waals surface area contributed by atoms with Crippen LogP contribution in [0.4, 0.5) is 11.5 Å². The number of carbonyl (C=O) groups is 1. The van der Waals surface area contributed by atoms with Crippen LogP contribution in [0.25, 0.3) is 10.9 Å². The lowest BCUT2D eigenvalue weighted by atomic mass is 10.1. The number of rotatable bonds is 12. The molecule has 8 heteroatoms. The third-order valence-corrected chi connectivity index (χ3v) is 5.20. The minimum Gasteiger partial charge on any atom is -0.493 e. The van der Waals surface area contributed by atoms with E-state index in [0.717, 1.165) is 65.5 Å². The second kappa shape index (κ2) is 14.7. The molecule has 0 aliphatic carbocycles. The van der Waals surface area contributed by atoms with E-state index >= 15 is 0 Å². The van der Waals surface area contributed by atoms with Gasteiger partial charge in [-0.15, -0.1) is 0 Å². The van der Waals surface area contributed by atoms with E-state index in [2.05, 4.69) is 41.9 Å². The quantitative estimate of drug-likeness (QED) is 0.155. The standard InChI is InChI=1S/C25H33N3O2.CH3NO2/c1-5-7-11-16-28(25-21-12-9-10-13-22(21)26-19(3)27-25)20-14-15-23(29-4)24(18-20)30-17-8-6-2;3-1-2-4/h9-10,12-15,18H,5-8,11,16-17H2,1-4H3;1,4H,(H,2,3). The van der Waals surface area contributed by atoms with Crippen molar-refractivity contribution >= 4 is 28.8 Å². The number of fused-ring (bicyclic) bond motifs is 1. The predicted molar refractivity (Wildman–Crippen MR) is 135 cm³/mol. The third-order valence-electron chi connectivity index (χ3n) is 5.20. The average molecular weight is 469 g/mol. The summed E-state index contributed by atoms with van der Waals surface area (Å²) in [7, 11) is 1.68. The van der Waals surface area contributed by atoms with Crippen LogP contribution in [0.1, 0.15) is 51.8 Å². The number of hydroxylamine groups is 1. The van der Waals surface area contributed by atoms with E-state index in [1.54, 1.807) is 7.11 Å². The molecular weight excluding hydrogens is 432 g/mol. The van der Waals surface area contributed by atoms with Gasteiger partial charge in [-0.3, -0.25) is 10.0 Å². The van der Waals surface area contributed by atoms with Crippen LogP contribution in [0.15, 0.2) is 42.5 Å². The predicted octanol–water partition coefficient (Wildman–Crippen LogP) is 5.58. The maximum absolute atomic E-state index is 8.81. The molecule has 0 aliphatic rings. The van der Waals surface area contributed by atoms with Crippen LogP contribution < -0.4 is 19.9 Å². The molecule has 0 saturated carbocycles. The number of aromatic nitrogens is 2. The van der Waals surface area contributed by atoms with Crippen molar-refractivity contribution in [3.63, 3.8) is 0 Å². The Bertz CT molecular complexity index is 1030. The molecule has 1 amide bonds. The number of nitrogens with zero attached hydrogens (tertiary/aromatic N) is 3. The number of nitrogens with one attached hydrogen (secondary N) is 1. The van der Waals surface area contributed by atoms with Crippen LogP contribution in [-0.4, -0.2) is 41.8 Å². The van der Waals surface area contributed by atoms with Gasteiger partial charge in [0.25, 0.3) is 0 Å². The molecular formula is C26H36N4O4. The molecule has 8 nitrogen and oxygen atoms in total. The molecule has 3 aromatic rings. The van der Waals surface area contributed by atoms with Crippen molar-refractivity contribution < 1.29 is 19.5 Å². The first-order valence-corrected chi connectivity index (χ1v) is 11.7. The number of carbonyl (C=O) groups excluding carboxylic acids is 1. The molecule has 0 saturated heterocycles. The number of para-hydroxylation sites is 1. The Hall–Kier alpha value is -3.39. The Morgan fingerprint density at radius 2 is 1.76 bits per heavy atom. The highest BCUT2D eigenvalue weighted by Crippen LogP contribution is 2.36. The van der Waals surface area contributed by atoms with Gasteiger partial charge in [0, 0.05) is 23.7 Å². The number of benzene rings is 2. The molecule has 2 N–H and O–H groups in total. The van der Waals surface area contributed by atoms with Crippen LogP contribution >= 0.6 is 0 Å². The Kier molecular flexibility index (Phi) is 11.6. The zero-order valence-electron chi connectivity index (χ0n) is 20.6. The Morgan fingerprint density at radius 3 is 2.44 bits per heavy atom. The fourth-order valence-electron chi connectivity index (χ4n) is 3.53. The van der Waals surface area contributed by atoms with Crippen LogP contribution in [0.5, 0.6) is 11.5 Å². The molecule has 184 valence electrons. The first-order chi connectivity index (χ1) is 16.6. The van der Waals surface area contributed by atoms with Crippen molar-refractivity contribution in [3.8, 4) is 11.5 Å². The van der Waals surface area contributed by atoms with E-state index in [-0.39, 0.29) is 6.41 Å². The number of anilines is 2. The van der Waals surface area contributed by atoms with E-state index in [0.29, 0.717) is 6.61 Å². The number of unbranched alkanes of at least 4 members (excludes halogenated alkanes) is 3. The molecule has 0 spiro atoms. The Labute approximate surface area is 201 Å². The lowest BCUT2D eigenvalue weighted by molar-refractivity contribution is -0.116. The van der Waals surface area contributed by atoms with Crippen LogP contribution in [-0.2, 0) is 4.79 Å². The molecule has 2 aromatic carbocycles. The molecule has 0 fully saturated rings. The maximum Gasteiger partial charge on any atom is 0.230 e. The van der Waals surface area contributed by atoms with Crippen LogP contribution in [0, 0.1) is 6.92 Å². The van der Waals surface area contributed by atoms with E-state index in [9.17, 15) is 0 Å². The maximum atomic E-state index is 8.81. The van der Waals surface area contributed by atoms with Gasteiger partial charge in [-0.05, 0) is 44.0 Å². The highest BCUT2D eigenvalue weighted by atomic mass is 16.5. The van der Waals surface area contributed by atoms with Gasteiger partial charge in [-0.1, -0.05) is 45.2 Å². The summed E-state index contributed by atoms with van der Waals surface area (Å²) in [6.45, 7) is 7.90. The summed E-state index contributed by atoms with van der Waals surface area (Å²) in [5.41, 5.74) is 3.27. The van der Waals surface area contributed by atoms with E-state index in [1.165, 1.54) is 18.3 Å². The molecule has 0 aliphatic heterocycles. The van der Waals surface area contributed by atoms with Crippen LogP contribution in [0.2, 0.25) is 0 Å². The molecule has 0 unspecified atom stereocenters. The van der Waals surface area contributed by atoms with E-state index in [4.69, 9.17) is 24.5 Å². The second-order valence-electron chi connectivity index (χ2n) is 7.75. The summed E-state index contributed by atoms with van der Waals surface area (Å²) in [5, 5.41) is 8.32. The lowest BCUT2D eigenvalue weighted by Crippen LogP contribution is -2.21. The Balaban J connectivity index is 0.000000945. The molecule has 0 radical (unpaired) electrons. The number of methoxy groups -OCH3 is 1. The first-order valence-electron chi connectivity index (χ1n) is 11.7. The summed E-state index contributed by atoms with van der Waals surface area (Å²) in [4.78, 5) is 20.6. The summed E-state index contributed by atoms with van der Waals surface area (Å²) < 4.78 is 11.6. The summed E-state index contributed by atoms with van der Waals surface area (Å²) in [6.07, 6.45) is 5.73. The van der Waals surface area contributed by atoms with Gasteiger partial charge >= 0.3 is 0 Å².